The molecule has 2 rings (SSSR count). The summed E-state index contributed by atoms with van der Waals surface area (Å²) in [4.78, 5) is 26.3. The molecule has 1 amide bonds. The van der Waals surface area contributed by atoms with Gasteiger partial charge in [-0.25, -0.2) is 4.39 Å². The molecular weight excluding hydrogens is 347 g/mol. The number of hydrogen-bond donors (Lipinski definition) is 2. The lowest BCUT2D eigenvalue weighted by atomic mass is 10.1. The number of hydrogen-bond acceptors (Lipinski definition) is 4. The highest BCUT2D eigenvalue weighted by Gasteiger charge is 2.12. The van der Waals surface area contributed by atoms with Crippen molar-refractivity contribution >= 4 is 17.5 Å². The molecule has 0 fully saturated rings. The number of aromatic nitrogens is 3. The summed E-state index contributed by atoms with van der Waals surface area (Å²) in [5, 5.41) is 10.8. The average Bonchev–Trinajstić information content (AvgIpc) is 2.55. The van der Waals surface area contributed by atoms with Crippen molar-refractivity contribution in [3.63, 3.8) is 0 Å². The van der Waals surface area contributed by atoms with E-state index in [1.807, 2.05) is 0 Å². The Hall–Kier alpha value is -2.28. The highest BCUT2D eigenvalue weighted by molar-refractivity contribution is 6.30. The zero-order valence-corrected chi connectivity index (χ0v) is 14.9. The lowest BCUT2D eigenvalue weighted by Crippen LogP contribution is -2.27. The van der Waals surface area contributed by atoms with Gasteiger partial charge in [0.05, 0.1) is 5.56 Å². The first-order valence-corrected chi connectivity index (χ1v) is 8.42. The molecular formula is C17H20ClFN4O2. The zero-order valence-electron chi connectivity index (χ0n) is 14.1. The van der Waals surface area contributed by atoms with Crippen LogP contribution in [0, 0.1) is 11.7 Å². The van der Waals surface area contributed by atoms with E-state index in [1.54, 1.807) is 0 Å². The first-order valence-electron chi connectivity index (χ1n) is 8.05. The third-order valence-electron chi connectivity index (χ3n) is 3.58. The number of rotatable bonds is 7. The van der Waals surface area contributed by atoms with Gasteiger partial charge in [0.1, 0.15) is 11.5 Å². The first-order chi connectivity index (χ1) is 11.9. The van der Waals surface area contributed by atoms with Gasteiger partial charge in [0, 0.05) is 24.4 Å². The summed E-state index contributed by atoms with van der Waals surface area (Å²) in [5.74, 6) is -0.206. The number of nitrogens with zero attached hydrogens (tertiary/aromatic N) is 2. The van der Waals surface area contributed by atoms with Crippen LogP contribution in [0.25, 0.3) is 11.4 Å². The summed E-state index contributed by atoms with van der Waals surface area (Å²) in [7, 11) is 0. The number of amides is 1. The molecule has 0 unspecified atom stereocenters. The molecule has 25 heavy (non-hydrogen) atoms. The van der Waals surface area contributed by atoms with Crippen molar-refractivity contribution in [1.29, 1.82) is 0 Å². The molecule has 1 aromatic carbocycles. The van der Waals surface area contributed by atoms with E-state index in [0.717, 1.165) is 6.42 Å². The van der Waals surface area contributed by atoms with Crippen molar-refractivity contribution in [2.75, 3.05) is 6.54 Å². The molecule has 2 aromatic rings. The zero-order chi connectivity index (χ0) is 18.4. The quantitative estimate of drug-likeness (QED) is 0.788. The van der Waals surface area contributed by atoms with E-state index in [-0.39, 0.29) is 35.8 Å². The highest BCUT2D eigenvalue weighted by Crippen LogP contribution is 2.22. The van der Waals surface area contributed by atoms with Crippen molar-refractivity contribution in [3.8, 4) is 11.4 Å². The largest absolute Gasteiger partial charge is 0.356 e. The van der Waals surface area contributed by atoms with Crippen molar-refractivity contribution in [1.82, 2.24) is 20.5 Å². The number of benzene rings is 1. The summed E-state index contributed by atoms with van der Waals surface area (Å²) in [6.45, 7) is 4.75. The number of halogens is 2. The molecule has 0 aliphatic heterocycles. The Bertz CT molecular complexity index is 807. The first kappa shape index (κ1) is 19.1. The van der Waals surface area contributed by atoms with Gasteiger partial charge in [0.2, 0.25) is 5.91 Å². The predicted molar refractivity (Wildman–Crippen MR) is 93.8 cm³/mol. The fourth-order valence-corrected chi connectivity index (χ4v) is 2.32. The summed E-state index contributed by atoms with van der Waals surface area (Å²) in [6, 6.07) is 3.95. The van der Waals surface area contributed by atoms with E-state index in [0.29, 0.717) is 17.5 Å². The Morgan fingerprint density at radius 2 is 2.12 bits per heavy atom. The molecule has 2 N–H and O–H groups in total. The molecule has 1 heterocycles. The van der Waals surface area contributed by atoms with Gasteiger partial charge in [-0.2, -0.15) is 0 Å². The van der Waals surface area contributed by atoms with Gasteiger partial charge in [-0.15, -0.1) is 10.2 Å². The summed E-state index contributed by atoms with van der Waals surface area (Å²) < 4.78 is 13.8. The van der Waals surface area contributed by atoms with Crippen LogP contribution in [0.1, 0.15) is 32.4 Å². The van der Waals surface area contributed by atoms with Crippen molar-refractivity contribution in [2.45, 2.75) is 33.1 Å². The van der Waals surface area contributed by atoms with E-state index in [1.165, 1.54) is 18.2 Å². The molecule has 1 aromatic heterocycles. The summed E-state index contributed by atoms with van der Waals surface area (Å²) in [6.07, 6.45) is 1.20. The minimum Gasteiger partial charge on any atom is -0.356 e. The molecule has 0 saturated carbocycles. The van der Waals surface area contributed by atoms with Crippen LogP contribution in [0.5, 0.6) is 0 Å². The average molecular weight is 367 g/mol. The van der Waals surface area contributed by atoms with Gasteiger partial charge in [0.15, 0.2) is 5.82 Å². The van der Waals surface area contributed by atoms with Gasteiger partial charge in [-0.1, -0.05) is 25.4 Å². The summed E-state index contributed by atoms with van der Waals surface area (Å²) >= 11 is 5.83. The maximum atomic E-state index is 13.8. The minimum absolute atomic E-state index is 0.00450. The van der Waals surface area contributed by atoms with E-state index in [9.17, 15) is 14.0 Å². The van der Waals surface area contributed by atoms with E-state index in [2.05, 4.69) is 34.3 Å². The molecule has 134 valence electrons. The number of carbonyl (C=O) groups excluding carboxylic acids is 1. The standard InChI is InChI=1S/C17H20ClFN4O2/c1-10(2)7-8-20-15(24)6-5-14-17(25)21-16(23-22-14)12-9-11(18)3-4-13(12)19/h3-4,9-10H,5-8H2,1-2H3,(H,20,24)(H,21,23,25). The van der Waals surface area contributed by atoms with Crippen molar-refractivity contribution in [3.05, 3.63) is 45.1 Å². The van der Waals surface area contributed by atoms with Gasteiger partial charge < -0.3 is 10.3 Å². The lowest BCUT2D eigenvalue weighted by Gasteiger charge is -2.07. The Morgan fingerprint density at radius 1 is 1.36 bits per heavy atom. The Balaban J connectivity index is 2.01. The van der Waals surface area contributed by atoms with E-state index in [4.69, 9.17) is 11.6 Å². The van der Waals surface area contributed by atoms with Gasteiger partial charge in [-0.3, -0.25) is 9.59 Å². The molecule has 0 saturated heterocycles. The predicted octanol–water partition coefficient (Wildman–Crippen LogP) is 2.72. The number of carbonyl (C=O) groups is 1. The number of aryl methyl sites for hydroxylation is 1. The van der Waals surface area contributed by atoms with Gasteiger partial charge >= 0.3 is 0 Å². The van der Waals surface area contributed by atoms with Crippen LogP contribution in [-0.2, 0) is 11.2 Å². The molecule has 0 radical (unpaired) electrons. The van der Waals surface area contributed by atoms with Gasteiger partial charge in [-0.05, 0) is 30.5 Å². The normalized spacial score (nSPS) is 10.9. The Labute approximate surface area is 149 Å². The highest BCUT2D eigenvalue weighted by atomic mass is 35.5. The number of H-pyrrole nitrogens is 1. The SMILES string of the molecule is CC(C)CCNC(=O)CCc1nnc(-c2cc(Cl)ccc2F)[nH]c1=O. The second kappa shape index (κ2) is 8.71. The third-order valence-corrected chi connectivity index (χ3v) is 3.82. The lowest BCUT2D eigenvalue weighted by molar-refractivity contribution is -0.121. The number of nitrogens with one attached hydrogen (secondary N) is 2. The number of aromatic amines is 1. The van der Waals surface area contributed by atoms with Crippen molar-refractivity contribution < 1.29 is 9.18 Å². The third kappa shape index (κ3) is 5.63. The fraction of sp³-hybridized carbons (Fsp3) is 0.412. The van der Waals surface area contributed by atoms with Crippen LogP contribution >= 0.6 is 11.6 Å². The van der Waals surface area contributed by atoms with Crippen LogP contribution in [0.3, 0.4) is 0 Å². The van der Waals surface area contributed by atoms with E-state index < -0.39 is 11.4 Å². The second-order valence-corrected chi connectivity index (χ2v) is 6.54. The molecule has 0 atom stereocenters. The summed E-state index contributed by atoms with van der Waals surface area (Å²) in [5.41, 5.74) is -0.306. The molecule has 0 aliphatic carbocycles. The Kier molecular flexibility index (Phi) is 6.64. The second-order valence-electron chi connectivity index (χ2n) is 6.11. The van der Waals surface area contributed by atoms with Gasteiger partial charge in [0.25, 0.3) is 5.56 Å². The molecule has 0 spiro atoms. The smallest absolute Gasteiger partial charge is 0.273 e. The van der Waals surface area contributed by atoms with Crippen LogP contribution < -0.4 is 10.9 Å². The maximum absolute atomic E-state index is 13.8. The molecule has 0 bridgehead atoms. The molecule has 8 heteroatoms. The maximum Gasteiger partial charge on any atom is 0.273 e. The van der Waals surface area contributed by atoms with Crippen LogP contribution in [0.4, 0.5) is 4.39 Å². The monoisotopic (exact) mass is 366 g/mol. The van der Waals surface area contributed by atoms with Crippen molar-refractivity contribution in [2.24, 2.45) is 5.92 Å². The topological polar surface area (TPSA) is 87.7 Å². The Morgan fingerprint density at radius 3 is 2.80 bits per heavy atom. The molecule has 0 aliphatic rings. The minimum atomic E-state index is -0.563. The molecule has 6 nitrogen and oxygen atoms in total. The fourth-order valence-electron chi connectivity index (χ4n) is 2.14. The van der Waals surface area contributed by atoms with E-state index >= 15 is 0 Å². The van der Waals surface area contributed by atoms with Crippen LogP contribution in [0.15, 0.2) is 23.0 Å². The van der Waals surface area contributed by atoms with Crippen LogP contribution in [0.2, 0.25) is 5.02 Å². The van der Waals surface area contributed by atoms with Crippen LogP contribution in [-0.4, -0.2) is 27.6 Å².